The maximum Gasteiger partial charge on any atom is 0.243 e. The van der Waals surface area contributed by atoms with Crippen LogP contribution in [0.4, 0.5) is 11.6 Å². The molecule has 2 unspecified atom stereocenters. The molecular formula is C27H28Cl2N6O4. The summed E-state index contributed by atoms with van der Waals surface area (Å²) in [6, 6.07) is 3.23. The Balaban J connectivity index is 1.42. The van der Waals surface area contributed by atoms with Gasteiger partial charge in [-0.25, -0.2) is 15.0 Å². The monoisotopic (exact) mass is 570 g/mol. The quantitative estimate of drug-likeness (QED) is 0.389. The summed E-state index contributed by atoms with van der Waals surface area (Å²) in [5.74, 6) is 3.75. The van der Waals surface area contributed by atoms with E-state index in [1.54, 1.807) is 12.3 Å². The van der Waals surface area contributed by atoms with Crippen LogP contribution in [0.15, 0.2) is 31.0 Å². The fraction of sp³-hybridized carbons (Fsp3) is 0.407. The Bertz CT molecular complexity index is 1430. The SMILES string of the molecule is C=CC(=O)N[C@H]1COC[C@H]1Nc1cc2c(N3CC4CC4C3)nc(-c3c(Cl)c(OC)cc(OC)c3Cl)nc2cn1. The van der Waals surface area contributed by atoms with Crippen LogP contribution in [0.25, 0.3) is 22.3 Å². The van der Waals surface area contributed by atoms with Crippen molar-refractivity contribution in [3.63, 3.8) is 0 Å². The molecule has 204 valence electrons. The lowest BCUT2D eigenvalue weighted by Crippen LogP contribution is -2.45. The van der Waals surface area contributed by atoms with Crippen LogP contribution in [0.5, 0.6) is 11.5 Å². The second kappa shape index (κ2) is 10.3. The Kier molecular flexibility index (Phi) is 6.86. The van der Waals surface area contributed by atoms with Crippen LogP contribution in [-0.2, 0) is 9.53 Å². The number of nitrogens with one attached hydrogen (secondary N) is 2. The predicted octanol–water partition coefficient (Wildman–Crippen LogP) is 3.95. The summed E-state index contributed by atoms with van der Waals surface area (Å²) in [7, 11) is 3.06. The van der Waals surface area contributed by atoms with E-state index in [0.717, 1.165) is 24.3 Å². The summed E-state index contributed by atoms with van der Waals surface area (Å²) in [6.07, 6.45) is 4.21. The number of methoxy groups -OCH3 is 2. The predicted molar refractivity (Wildman–Crippen MR) is 150 cm³/mol. The number of halogens is 2. The average molecular weight is 571 g/mol. The number of benzene rings is 1. The second-order valence-electron chi connectivity index (χ2n) is 10.0. The van der Waals surface area contributed by atoms with Crippen LogP contribution in [0, 0.1) is 11.8 Å². The summed E-state index contributed by atoms with van der Waals surface area (Å²) in [5, 5.41) is 7.77. The molecule has 10 nitrogen and oxygen atoms in total. The number of hydrogen-bond donors (Lipinski definition) is 2. The van der Waals surface area contributed by atoms with Gasteiger partial charge in [-0.3, -0.25) is 4.79 Å². The Hall–Kier alpha value is -3.34. The lowest BCUT2D eigenvalue weighted by molar-refractivity contribution is -0.117. The molecule has 2 aromatic heterocycles. The molecule has 12 heteroatoms. The highest BCUT2D eigenvalue weighted by Gasteiger charge is 2.46. The Labute approximate surface area is 235 Å². The molecular weight excluding hydrogens is 543 g/mol. The largest absolute Gasteiger partial charge is 0.495 e. The number of amides is 1. The van der Waals surface area contributed by atoms with Crippen LogP contribution in [0.3, 0.4) is 0 Å². The molecule has 3 fully saturated rings. The van der Waals surface area contributed by atoms with Crippen molar-refractivity contribution in [3.05, 3.63) is 41.0 Å². The van der Waals surface area contributed by atoms with E-state index in [2.05, 4.69) is 27.1 Å². The minimum absolute atomic E-state index is 0.149. The van der Waals surface area contributed by atoms with Gasteiger partial charge in [-0.2, -0.15) is 0 Å². The first-order valence-electron chi connectivity index (χ1n) is 12.7. The van der Waals surface area contributed by atoms with Crippen molar-refractivity contribution in [3.8, 4) is 22.9 Å². The fourth-order valence-corrected chi connectivity index (χ4v) is 6.04. The van der Waals surface area contributed by atoms with Crippen LogP contribution in [-0.4, -0.2) is 73.5 Å². The number of ether oxygens (including phenoxy) is 3. The fourth-order valence-electron chi connectivity index (χ4n) is 5.37. The highest BCUT2D eigenvalue weighted by Crippen LogP contribution is 2.49. The van der Waals surface area contributed by atoms with Crippen LogP contribution in [0.1, 0.15) is 6.42 Å². The molecule has 6 rings (SSSR count). The van der Waals surface area contributed by atoms with Gasteiger partial charge in [-0.05, 0) is 30.4 Å². The van der Waals surface area contributed by atoms with E-state index in [1.807, 2.05) is 6.07 Å². The van der Waals surface area contributed by atoms with Crippen molar-refractivity contribution in [2.24, 2.45) is 11.8 Å². The first kappa shape index (κ1) is 25.9. The molecule has 4 heterocycles. The van der Waals surface area contributed by atoms with E-state index < -0.39 is 0 Å². The lowest BCUT2D eigenvalue weighted by atomic mass is 10.1. The van der Waals surface area contributed by atoms with Crippen LogP contribution < -0.4 is 25.0 Å². The number of pyridine rings is 1. The van der Waals surface area contributed by atoms with Gasteiger partial charge < -0.3 is 29.7 Å². The molecule has 39 heavy (non-hydrogen) atoms. The third-order valence-electron chi connectivity index (χ3n) is 7.56. The molecule has 2 N–H and O–H groups in total. The van der Waals surface area contributed by atoms with Gasteiger partial charge in [0.1, 0.15) is 23.1 Å². The second-order valence-corrected chi connectivity index (χ2v) is 10.8. The summed E-state index contributed by atoms with van der Waals surface area (Å²) in [4.78, 5) is 28.6. The summed E-state index contributed by atoms with van der Waals surface area (Å²) >= 11 is 13.4. The van der Waals surface area contributed by atoms with Gasteiger partial charge in [0.15, 0.2) is 5.82 Å². The Morgan fingerprint density at radius 3 is 2.46 bits per heavy atom. The minimum Gasteiger partial charge on any atom is -0.495 e. The summed E-state index contributed by atoms with van der Waals surface area (Å²) < 4.78 is 16.5. The number of fused-ring (bicyclic) bond motifs is 2. The van der Waals surface area contributed by atoms with Crippen LogP contribution >= 0.6 is 23.2 Å². The van der Waals surface area contributed by atoms with Gasteiger partial charge in [-0.1, -0.05) is 29.8 Å². The van der Waals surface area contributed by atoms with Crippen molar-refractivity contribution < 1.29 is 19.0 Å². The molecule has 2 aliphatic heterocycles. The highest BCUT2D eigenvalue weighted by atomic mass is 35.5. The van der Waals surface area contributed by atoms with Gasteiger partial charge in [0.25, 0.3) is 0 Å². The molecule has 1 amide bonds. The smallest absolute Gasteiger partial charge is 0.243 e. The van der Waals surface area contributed by atoms with Gasteiger partial charge in [-0.15, -0.1) is 0 Å². The zero-order valence-electron chi connectivity index (χ0n) is 21.5. The van der Waals surface area contributed by atoms with E-state index in [9.17, 15) is 4.79 Å². The van der Waals surface area contributed by atoms with Crippen molar-refractivity contribution in [2.45, 2.75) is 18.5 Å². The van der Waals surface area contributed by atoms with Crippen molar-refractivity contribution in [2.75, 3.05) is 50.7 Å². The maximum atomic E-state index is 11.9. The van der Waals surface area contributed by atoms with Crippen LogP contribution in [0.2, 0.25) is 10.0 Å². The number of nitrogens with zero attached hydrogens (tertiary/aromatic N) is 4. The molecule has 3 aliphatic rings. The highest BCUT2D eigenvalue weighted by molar-refractivity contribution is 6.41. The summed E-state index contributed by atoms with van der Waals surface area (Å²) in [6.45, 7) is 6.23. The number of piperidine rings is 1. The first-order valence-corrected chi connectivity index (χ1v) is 13.5. The number of carbonyl (C=O) groups is 1. The number of rotatable bonds is 8. The number of hydrogen-bond acceptors (Lipinski definition) is 9. The van der Waals surface area contributed by atoms with Gasteiger partial charge in [0.2, 0.25) is 5.91 Å². The number of carbonyl (C=O) groups excluding carboxylic acids is 1. The first-order chi connectivity index (χ1) is 18.9. The lowest BCUT2D eigenvalue weighted by Gasteiger charge is -2.23. The van der Waals surface area contributed by atoms with E-state index in [1.165, 1.54) is 26.7 Å². The van der Waals surface area contributed by atoms with Crippen molar-refractivity contribution in [1.82, 2.24) is 20.3 Å². The third-order valence-corrected chi connectivity index (χ3v) is 8.31. The molecule has 1 aromatic carbocycles. The molecule has 1 aliphatic carbocycles. The molecule has 0 spiro atoms. The van der Waals surface area contributed by atoms with E-state index in [4.69, 9.17) is 47.4 Å². The zero-order chi connectivity index (χ0) is 27.3. The molecule has 3 aromatic rings. The molecule has 0 bridgehead atoms. The average Bonchev–Trinajstić information content (AvgIpc) is 3.31. The topological polar surface area (TPSA) is 111 Å². The third kappa shape index (κ3) is 4.81. The van der Waals surface area contributed by atoms with Crippen molar-refractivity contribution in [1.29, 1.82) is 0 Å². The molecule has 0 radical (unpaired) electrons. The minimum atomic E-state index is -0.244. The van der Waals surface area contributed by atoms with Gasteiger partial charge >= 0.3 is 0 Å². The zero-order valence-corrected chi connectivity index (χ0v) is 23.1. The summed E-state index contributed by atoms with van der Waals surface area (Å²) in [5.41, 5.74) is 1.09. The van der Waals surface area contributed by atoms with E-state index in [-0.39, 0.29) is 18.0 Å². The molecule has 1 saturated carbocycles. The van der Waals surface area contributed by atoms with E-state index >= 15 is 0 Å². The number of anilines is 2. The van der Waals surface area contributed by atoms with Gasteiger partial charge in [0.05, 0.1) is 66.8 Å². The maximum absolute atomic E-state index is 11.9. The number of aromatic nitrogens is 3. The van der Waals surface area contributed by atoms with Crippen molar-refractivity contribution >= 4 is 51.6 Å². The molecule has 2 saturated heterocycles. The normalized spacial score (nSPS) is 23.4. The van der Waals surface area contributed by atoms with E-state index in [0.29, 0.717) is 69.3 Å². The Morgan fingerprint density at radius 2 is 1.79 bits per heavy atom. The van der Waals surface area contributed by atoms with Gasteiger partial charge in [0, 0.05) is 24.5 Å². The Morgan fingerprint density at radius 1 is 1.10 bits per heavy atom. The standard InChI is InChI=1S/C27H28Cl2N6O4/c1-4-22(36)32-18-12-39-11-17(18)31-21-6-15-16(8-30-21)33-26(34-27(15)35-9-13-5-14(13)10-35)23-24(28)19(37-2)7-20(38-3)25(23)29/h4,6-8,13-14,17-18H,1,5,9-12H2,2-3H3,(H,30,31)(H,32,36)/t13?,14?,17-,18+/m1/s1. The molecule has 4 atom stereocenters.